The van der Waals surface area contributed by atoms with Crippen molar-refractivity contribution in [3.8, 4) is 0 Å². The van der Waals surface area contributed by atoms with Crippen molar-refractivity contribution >= 4 is 27.3 Å². The molecule has 25 heavy (non-hydrogen) atoms. The van der Waals surface area contributed by atoms with Crippen molar-refractivity contribution in [3.63, 3.8) is 0 Å². The smallest absolute Gasteiger partial charge is 0.257 e. The number of rotatable bonds is 4. The first-order valence-electron chi connectivity index (χ1n) is 7.95. The second kappa shape index (κ2) is 7.20. The van der Waals surface area contributed by atoms with Gasteiger partial charge in [0.05, 0.1) is 11.8 Å². The number of anilines is 2. The highest BCUT2D eigenvalue weighted by Gasteiger charge is 2.23. The molecule has 1 aliphatic rings. The Bertz CT molecular complexity index is 847. The van der Waals surface area contributed by atoms with E-state index in [1.807, 2.05) is 24.3 Å². The van der Waals surface area contributed by atoms with E-state index in [0.29, 0.717) is 37.4 Å². The van der Waals surface area contributed by atoms with Gasteiger partial charge in [-0.3, -0.25) is 9.78 Å². The van der Waals surface area contributed by atoms with Crippen molar-refractivity contribution in [3.05, 3.63) is 54.4 Å². The summed E-state index contributed by atoms with van der Waals surface area (Å²) < 4.78 is 24.7. The second-order valence-electron chi connectivity index (χ2n) is 5.90. The molecule has 1 saturated heterocycles. The monoisotopic (exact) mass is 360 g/mol. The largest absolute Gasteiger partial charge is 0.369 e. The zero-order valence-electron chi connectivity index (χ0n) is 13.9. The number of carbonyl (C=O) groups excluding carboxylic acids is 1. The highest BCUT2D eigenvalue weighted by Crippen LogP contribution is 2.22. The van der Waals surface area contributed by atoms with E-state index >= 15 is 0 Å². The minimum atomic E-state index is -3.14. The minimum Gasteiger partial charge on any atom is -0.369 e. The standard InChI is InChI=1S/C17H20N4O3S/c1-25(23,24)21-10-8-20(9-11-21)16-6-2-5-15(12-16)19-17(22)14-4-3-7-18-13-14/h2-7,12-13H,8-11H2,1H3,(H,19,22). The van der Waals surface area contributed by atoms with E-state index in [1.54, 1.807) is 18.3 Å². The first kappa shape index (κ1) is 17.4. The maximum absolute atomic E-state index is 12.2. The van der Waals surface area contributed by atoms with Crippen LogP contribution in [0, 0.1) is 0 Å². The van der Waals surface area contributed by atoms with E-state index in [1.165, 1.54) is 16.8 Å². The number of nitrogens with one attached hydrogen (secondary N) is 1. The maximum atomic E-state index is 12.2. The van der Waals surface area contributed by atoms with Crippen LogP contribution in [-0.4, -0.2) is 56.0 Å². The van der Waals surface area contributed by atoms with Gasteiger partial charge in [0.25, 0.3) is 5.91 Å². The molecule has 2 heterocycles. The Balaban J connectivity index is 1.67. The lowest BCUT2D eigenvalue weighted by Gasteiger charge is -2.34. The summed E-state index contributed by atoms with van der Waals surface area (Å²) in [5.41, 5.74) is 2.14. The number of sulfonamides is 1. The molecule has 132 valence electrons. The van der Waals surface area contributed by atoms with Crippen molar-refractivity contribution in [1.29, 1.82) is 0 Å². The first-order valence-corrected chi connectivity index (χ1v) is 9.80. The quantitative estimate of drug-likeness (QED) is 0.892. The summed E-state index contributed by atoms with van der Waals surface area (Å²) >= 11 is 0. The number of piperazine rings is 1. The summed E-state index contributed by atoms with van der Waals surface area (Å²) in [7, 11) is -3.14. The summed E-state index contributed by atoms with van der Waals surface area (Å²) in [4.78, 5) is 18.3. The molecule has 1 aromatic carbocycles. The lowest BCUT2D eigenvalue weighted by molar-refractivity contribution is 0.102. The van der Waals surface area contributed by atoms with Crippen molar-refractivity contribution in [1.82, 2.24) is 9.29 Å². The minimum absolute atomic E-state index is 0.216. The molecular weight excluding hydrogens is 340 g/mol. The van der Waals surface area contributed by atoms with Crippen molar-refractivity contribution in [2.45, 2.75) is 0 Å². The molecule has 1 aromatic heterocycles. The molecule has 0 saturated carbocycles. The fraction of sp³-hybridized carbons (Fsp3) is 0.294. The fourth-order valence-electron chi connectivity index (χ4n) is 2.76. The van der Waals surface area contributed by atoms with Crippen LogP contribution in [0.15, 0.2) is 48.8 Å². The number of benzene rings is 1. The number of pyridine rings is 1. The Hall–Kier alpha value is -2.45. The molecule has 1 fully saturated rings. The Morgan fingerprint density at radius 3 is 2.52 bits per heavy atom. The van der Waals surface area contributed by atoms with Gasteiger partial charge >= 0.3 is 0 Å². The Morgan fingerprint density at radius 1 is 1.12 bits per heavy atom. The molecule has 3 rings (SSSR count). The van der Waals surface area contributed by atoms with Crippen LogP contribution in [0.25, 0.3) is 0 Å². The third-order valence-corrected chi connectivity index (χ3v) is 5.40. The van der Waals surface area contributed by atoms with Crippen molar-refractivity contribution in [2.24, 2.45) is 0 Å². The summed E-state index contributed by atoms with van der Waals surface area (Å²) in [6.07, 6.45) is 4.37. The molecule has 1 N–H and O–H groups in total. The molecule has 0 atom stereocenters. The van der Waals surface area contributed by atoms with Crippen LogP contribution < -0.4 is 10.2 Å². The maximum Gasteiger partial charge on any atom is 0.257 e. The fourth-order valence-corrected chi connectivity index (χ4v) is 3.59. The Kier molecular flexibility index (Phi) is 5.00. The SMILES string of the molecule is CS(=O)(=O)N1CCN(c2cccc(NC(=O)c3cccnc3)c2)CC1. The lowest BCUT2D eigenvalue weighted by atomic mass is 10.2. The van der Waals surface area contributed by atoms with Gasteiger partial charge in [-0.2, -0.15) is 4.31 Å². The Morgan fingerprint density at radius 2 is 1.88 bits per heavy atom. The third kappa shape index (κ3) is 4.34. The number of hydrogen-bond donors (Lipinski definition) is 1. The molecule has 1 aliphatic heterocycles. The average Bonchev–Trinajstić information content (AvgIpc) is 2.62. The van der Waals surface area contributed by atoms with Crippen LogP contribution in [0.5, 0.6) is 0 Å². The summed E-state index contributed by atoms with van der Waals surface area (Å²) in [5.74, 6) is -0.216. The topological polar surface area (TPSA) is 82.6 Å². The molecule has 2 aromatic rings. The predicted molar refractivity (Wildman–Crippen MR) is 97.3 cm³/mol. The van der Waals surface area contributed by atoms with Crippen LogP contribution >= 0.6 is 0 Å². The molecule has 0 unspecified atom stereocenters. The van der Waals surface area contributed by atoms with Gasteiger partial charge in [-0.05, 0) is 30.3 Å². The average molecular weight is 360 g/mol. The first-order chi connectivity index (χ1) is 11.9. The summed E-state index contributed by atoms with van der Waals surface area (Å²) in [6.45, 7) is 2.16. The van der Waals surface area contributed by atoms with Gasteiger partial charge < -0.3 is 10.2 Å². The van der Waals surface area contributed by atoms with Crippen LogP contribution in [0.1, 0.15) is 10.4 Å². The van der Waals surface area contributed by atoms with E-state index in [2.05, 4.69) is 15.2 Å². The van der Waals surface area contributed by atoms with Crippen LogP contribution in [0.4, 0.5) is 11.4 Å². The van der Waals surface area contributed by atoms with Gasteiger partial charge in [-0.1, -0.05) is 6.07 Å². The molecule has 0 radical (unpaired) electrons. The highest BCUT2D eigenvalue weighted by molar-refractivity contribution is 7.88. The van der Waals surface area contributed by atoms with Crippen LogP contribution in [-0.2, 0) is 10.0 Å². The summed E-state index contributed by atoms with van der Waals surface area (Å²) in [6, 6.07) is 11.0. The Labute approximate surface area is 147 Å². The highest BCUT2D eigenvalue weighted by atomic mass is 32.2. The molecule has 0 bridgehead atoms. The van der Waals surface area contributed by atoms with E-state index in [0.717, 1.165) is 5.69 Å². The zero-order chi connectivity index (χ0) is 17.9. The van der Waals surface area contributed by atoms with Crippen molar-refractivity contribution < 1.29 is 13.2 Å². The van der Waals surface area contributed by atoms with E-state index in [9.17, 15) is 13.2 Å². The molecule has 0 aliphatic carbocycles. The van der Waals surface area contributed by atoms with Crippen molar-refractivity contribution in [2.75, 3.05) is 42.7 Å². The molecule has 7 nitrogen and oxygen atoms in total. The van der Waals surface area contributed by atoms with E-state index in [-0.39, 0.29) is 5.91 Å². The number of amides is 1. The zero-order valence-corrected chi connectivity index (χ0v) is 14.7. The van der Waals surface area contributed by atoms with Gasteiger partial charge in [-0.15, -0.1) is 0 Å². The van der Waals surface area contributed by atoms with Gasteiger partial charge in [0.1, 0.15) is 0 Å². The van der Waals surface area contributed by atoms with E-state index < -0.39 is 10.0 Å². The number of nitrogens with zero attached hydrogens (tertiary/aromatic N) is 3. The molecule has 1 amide bonds. The van der Waals surface area contributed by atoms with Crippen LogP contribution in [0.3, 0.4) is 0 Å². The summed E-state index contributed by atoms with van der Waals surface area (Å²) in [5, 5.41) is 2.86. The third-order valence-electron chi connectivity index (χ3n) is 4.10. The molecule has 0 spiro atoms. The second-order valence-corrected chi connectivity index (χ2v) is 7.88. The van der Waals surface area contributed by atoms with Crippen LogP contribution in [0.2, 0.25) is 0 Å². The van der Waals surface area contributed by atoms with Gasteiger partial charge in [0.2, 0.25) is 10.0 Å². The number of aromatic nitrogens is 1. The number of hydrogen-bond acceptors (Lipinski definition) is 5. The normalized spacial score (nSPS) is 15.8. The predicted octanol–water partition coefficient (Wildman–Crippen LogP) is 1.42. The van der Waals surface area contributed by atoms with Gasteiger partial charge in [0, 0.05) is 49.9 Å². The van der Waals surface area contributed by atoms with Gasteiger partial charge in [0.15, 0.2) is 0 Å². The lowest BCUT2D eigenvalue weighted by Crippen LogP contribution is -2.48. The van der Waals surface area contributed by atoms with Gasteiger partial charge in [-0.25, -0.2) is 8.42 Å². The molecular formula is C17H20N4O3S. The van der Waals surface area contributed by atoms with E-state index in [4.69, 9.17) is 0 Å². The molecule has 8 heteroatoms. The number of carbonyl (C=O) groups is 1.